The van der Waals surface area contributed by atoms with Gasteiger partial charge in [-0.05, 0) is 55.5 Å². The maximum absolute atomic E-state index is 13.3. The van der Waals surface area contributed by atoms with E-state index in [0.29, 0.717) is 27.8 Å². The number of rotatable bonds is 10. The van der Waals surface area contributed by atoms with E-state index in [0.717, 1.165) is 5.56 Å². The fourth-order valence-electron chi connectivity index (χ4n) is 3.44. The van der Waals surface area contributed by atoms with E-state index in [2.05, 4.69) is 19.2 Å². The first-order valence-corrected chi connectivity index (χ1v) is 11.6. The summed E-state index contributed by atoms with van der Waals surface area (Å²) < 4.78 is 5.91. The summed E-state index contributed by atoms with van der Waals surface area (Å²) in [5.41, 5.74) is 1.74. The molecule has 2 rings (SSSR count). The average molecular weight is 479 g/mol. The van der Waals surface area contributed by atoms with Gasteiger partial charge in [0, 0.05) is 22.6 Å². The maximum atomic E-state index is 13.3. The number of hydrogen-bond acceptors (Lipinski definition) is 3. The van der Waals surface area contributed by atoms with Crippen LogP contribution in [0.3, 0.4) is 0 Å². The van der Waals surface area contributed by atoms with Gasteiger partial charge in [0.05, 0.1) is 0 Å². The normalized spacial score (nSPS) is 12.0. The Morgan fingerprint density at radius 2 is 1.75 bits per heavy atom. The molecule has 1 N–H and O–H groups in total. The van der Waals surface area contributed by atoms with Crippen LogP contribution in [0.25, 0.3) is 0 Å². The summed E-state index contributed by atoms with van der Waals surface area (Å²) in [5.74, 6) is 0.425. The minimum absolute atomic E-state index is 0.0400. The van der Waals surface area contributed by atoms with Crippen LogP contribution in [0.5, 0.6) is 5.75 Å². The molecule has 0 radical (unpaired) electrons. The summed E-state index contributed by atoms with van der Waals surface area (Å²) in [4.78, 5) is 27.7. The highest BCUT2D eigenvalue weighted by atomic mass is 35.5. The molecule has 32 heavy (non-hydrogen) atoms. The van der Waals surface area contributed by atoms with Crippen LogP contribution in [0, 0.1) is 0 Å². The molecule has 2 amide bonds. The zero-order chi connectivity index (χ0) is 23.8. The van der Waals surface area contributed by atoms with Gasteiger partial charge in [-0.3, -0.25) is 9.59 Å². The van der Waals surface area contributed by atoms with Crippen molar-refractivity contribution in [2.75, 3.05) is 6.61 Å². The third kappa shape index (κ3) is 7.14. The number of halogens is 2. The van der Waals surface area contributed by atoms with Gasteiger partial charge in [-0.15, -0.1) is 0 Å². The molecule has 0 aliphatic rings. The van der Waals surface area contributed by atoms with Crippen LogP contribution >= 0.6 is 23.2 Å². The van der Waals surface area contributed by atoms with Gasteiger partial charge in [0.25, 0.3) is 5.91 Å². The Balaban J connectivity index is 2.30. The Bertz CT molecular complexity index is 931. The number of benzene rings is 2. The molecular weight excluding hydrogens is 447 g/mol. The van der Waals surface area contributed by atoms with Gasteiger partial charge in [-0.2, -0.15) is 0 Å². The quantitative estimate of drug-likeness (QED) is 0.467. The summed E-state index contributed by atoms with van der Waals surface area (Å²) in [6.45, 7) is 9.79. The molecule has 5 nitrogen and oxygen atoms in total. The van der Waals surface area contributed by atoms with Crippen molar-refractivity contribution < 1.29 is 14.3 Å². The first-order chi connectivity index (χ1) is 15.1. The minimum atomic E-state index is -0.652. The second-order valence-corrected chi connectivity index (χ2v) is 9.17. The lowest BCUT2D eigenvalue weighted by Crippen LogP contribution is -2.51. The molecule has 0 bridgehead atoms. The monoisotopic (exact) mass is 478 g/mol. The molecule has 1 atom stereocenters. The minimum Gasteiger partial charge on any atom is -0.483 e. The second-order valence-electron chi connectivity index (χ2n) is 8.33. The van der Waals surface area contributed by atoms with Crippen molar-refractivity contribution in [2.24, 2.45) is 0 Å². The predicted molar refractivity (Wildman–Crippen MR) is 130 cm³/mol. The van der Waals surface area contributed by atoms with Crippen molar-refractivity contribution in [1.82, 2.24) is 10.2 Å². The van der Waals surface area contributed by atoms with Crippen LogP contribution in [0.1, 0.15) is 58.1 Å². The third-order valence-corrected chi connectivity index (χ3v) is 5.65. The van der Waals surface area contributed by atoms with Crippen molar-refractivity contribution in [1.29, 1.82) is 0 Å². The van der Waals surface area contributed by atoms with Crippen molar-refractivity contribution >= 4 is 35.0 Å². The van der Waals surface area contributed by atoms with E-state index in [1.807, 2.05) is 45.0 Å². The molecule has 0 fully saturated rings. The van der Waals surface area contributed by atoms with Crippen LogP contribution < -0.4 is 10.1 Å². The van der Waals surface area contributed by atoms with Gasteiger partial charge in [0.2, 0.25) is 5.91 Å². The average Bonchev–Trinajstić information content (AvgIpc) is 2.73. The van der Waals surface area contributed by atoms with Crippen LogP contribution in [-0.2, 0) is 16.1 Å². The molecule has 0 spiro atoms. The number of nitrogens with zero attached hydrogens (tertiary/aromatic N) is 1. The number of para-hydroxylation sites is 1. The standard InChI is InChI=1S/C25H32Cl2N2O3/c1-6-22(25(31)28-17(4)5)29(14-18-11-12-19(26)13-21(18)27)24(30)15-32-23-10-8-7-9-20(23)16(2)3/h7-13,16-17,22H,6,14-15H2,1-5H3,(H,28,31)/t22-/m0/s1. The van der Waals surface area contributed by atoms with Gasteiger partial charge >= 0.3 is 0 Å². The van der Waals surface area contributed by atoms with E-state index in [1.54, 1.807) is 18.2 Å². The lowest BCUT2D eigenvalue weighted by atomic mass is 10.0. The number of carbonyl (C=O) groups is 2. The predicted octanol–water partition coefficient (Wildman–Crippen LogP) is 5.83. The zero-order valence-corrected chi connectivity index (χ0v) is 20.8. The zero-order valence-electron chi connectivity index (χ0n) is 19.3. The van der Waals surface area contributed by atoms with E-state index < -0.39 is 6.04 Å². The first-order valence-electron chi connectivity index (χ1n) is 10.9. The largest absolute Gasteiger partial charge is 0.483 e. The van der Waals surface area contributed by atoms with E-state index in [4.69, 9.17) is 27.9 Å². The third-order valence-electron chi connectivity index (χ3n) is 5.06. The SMILES string of the molecule is CC[C@@H](C(=O)NC(C)C)N(Cc1ccc(Cl)cc1Cl)C(=O)COc1ccccc1C(C)C. The lowest BCUT2D eigenvalue weighted by molar-refractivity contribution is -0.143. The molecule has 0 heterocycles. The van der Waals surface area contributed by atoms with Crippen molar-refractivity contribution in [3.63, 3.8) is 0 Å². The highest BCUT2D eigenvalue weighted by Gasteiger charge is 2.30. The van der Waals surface area contributed by atoms with Crippen molar-refractivity contribution in [2.45, 2.75) is 65.6 Å². The Morgan fingerprint density at radius 3 is 2.34 bits per heavy atom. The highest BCUT2D eigenvalue weighted by Crippen LogP contribution is 2.27. The van der Waals surface area contributed by atoms with E-state index in [9.17, 15) is 9.59 Å². The molecule has 2 aromatic carbocycles. The Kier molecular flexibility index (Phi) is 9.85. The van der Waals surface area contributed by atoms with Gasteiger partial charge in [-0.25, -0.2) is 0 Å². The molecule has 174 valence electrons. The fourth-order valence-corrected chi connectivity index (χ4v) is 3.91. The van der Waals surface area contributed by atoms with E-state index in [-0.39, 0.29) is 36.9 Å². The van der Waals surface area contributed by atoms with Crippen LogP contribution in [0.2, 0.25) is 10.0 Å². The number of nitrogens with one attached hydrogen (secondary N) is 1. The summed E-state index contributed by atoms with van der Waals surface area (Å²) in [7, 11) is 0. The van der Waals surface area contributed by atoms with Crippen LogP contribution in [0.4, 0.5) is 0 Å². The summed E-state index contributed by atoms with van der Waals surface area (Å²) in [6.07, 6.45) is 0.456. The molecule has 0 aliphatic heterocycles. The Labute approximate surface area is 201 Å². The molecule has 0 aromatic heterocycles. The molecule has 0 aliphatic carbocycles. The van der Waals surface area contributed by atoms with Crippen LogP contribution in [-0.4, -0.2) is 35.4 Å². The van der Waals surface area contributed by atoms with Crippen molar-refractivity contribution in [3.05, 3.63) is 63.6 Å². The number of carbonyl (C=O) groups excluding carboxylic acids is 2. The molecule has 0 unspecified atom stereocenters. The first kappa shape index (κ1) is 26.0. The van der Waals surface area contributed by atoms with E-state index >= 15 is 0 Å². The van der Waals surface area contributed by atoms with Crippen LogP contribution in [0.15, 0.2) is 42.5 Å². The molecule has 7 heteroatoms. The van der Waals surface area contributed by atoms with Gasteiger partial charge in [-0.1, -0.05) is 68.2 Å². The van der Waals surface area contributed by atoms with Crippen molar-refractivity contribution in [3.8, 4) is 5.75 Å². The smallest absolute Gasteiger partial charge is 0.261 e. The molecular formula is C25H32Cl2N2O3. The number of hydrogen-bond donors (Lipinski definition) is 1. The molecule has 0 saturated heterocycles. The summed E-state index contributed by atoms with van der Waals surface area (Å²) in [6, 6.07) is 12.1. The van der Waals surface area contributed by atoms with Gasteiger partial charge in [0.1, 0.15) is 11.8 Å². The Hall–Kier alpha value is -2.24. The topological polar surface area (TPSA) is 58.6 Å². The second kappa shape index (κ2) is 12.1. The Morgan fingerprint density at radius 1 is 1.06 bits per heavy atom. The lowest BCUT2D eigenvalue weighted by Gasteiger charge is -2.31. The van der Waals surface area contributed by atoms with Gasteiger partial charge < -0.3 is 15.0 Å². The molecule has 0 saturated carbocycles. The van der Waals surface area contributed by atoms with Gasteiger partial charge in [0.15, 0.2) is 6.61 Å². The fraction of sp³-hybridized carbons (Fsp3) is 0.440. The number of ether oxygens (including phenoxy) is 1. The molecule has 2 aromatic rings. The summed E-state index contributed by atoms with van der Waals surface area (Å²) in [5, 5.41) is 3.86. The maximum Gasteiger partial charge on any atom is 0.261 e. The highest BCUT2D eigenvalue weighted by molar-refractivity contribution is 6.35. The van der Waals surface area contributed by atoms with E-state index in [1.165, 1.54) is 4.90 Å². The summed E-state index contributed by atoms with van der Waals surface area (Å²) >= 11 is 12.4. The number of amides is 2.